The van der Waals surface area contributed by atoms with Gasteiger partial charge >= 0.3 is 0 Å². The zero-order valence-corrected chi connectivity index (χ0v) is 14.4. The number of hydrogen-bond acceptors (Lipinski definition) is 4. The molecule has 0 atom stereocenters. The lowest BCUT2D eigenvalue weighted by Crippen LogP contribution is -2.33. The molecule has 27 heavy (non-hydrogen) atoms. The lowest BCUT2D eigenvalue weighted by Gasteiger charge is -2.00. The van der Waals surface area contributed by atoms with Gasteiger partial charge in [-0.1, -0.05) is 42.5 Å². The number of rotatable bonds is 6. The molecular weight excluding hydrogens is 344 g/mol. The first-order valence-electron chi connectivity index (χ1n) is 8.23. The topological polar surface area (TPSA) is 88.5 Å². The van der Waals surface area contributed by atoms with Crippen molar-refractivity contribution in [2.75, 3.05) is 0 Å². The average Bonchev–Trinajstić information content (AvgIpc) is 2.69. The van der Waals surface area contributed by atoms with Gasteiger partial charge in [-0.2, -0.15) is 5.10 Å². The number of non-ortho nitro benzene ring substituents is 1. The number of carbonyl (C=O) groups is 1. The van der Waals surface area contributed by atoms with Gasteiger partial charge in [-0.25, -0.2) is 9.99 Å². The number of nitro groups is 1. The average molecular weight is 361 g/mol. The molecule has 7 nitrogen and oxygen atoms in total. The first-order chi connectivity index (χ1) is 13.1. The molecule has 3 rings (SSSR count). The number of amides is 1. The van der Waals surface area contributed by atoms with Gasteiger partial charge in [0.25, 0.3) is 11.6 Å². The fraction of sp³-hybridized carbons (Fsp3) is 0.0500. The molecule has 0 unspecified atom stereocenters. The molecule has 1 aromatic heterocycles. The highest BCUT2D eigenvalue weighted by Crippen LogP contribution is 2.11. The number of nitrogens with zero attached hydrogens (tertiary/aromatic N) is 3. The van der Waals surface area contributed by atoms with E-state index in [0.29, 0.717) is 17.7 Å². The highest BCUT2D eigenvalue weighted by Gasteiger charge is 2.08. The molecule has 1 N–H and O–H groups in total. The largest absolute Gasteiger partial charge is 0.271 e. The van der Waals surface area contributed by atoms with Gasteiger partial charge in [0.2, 0.25) is 0 Å². The molecule has 0 aliphatic heterocycles. The molecule has 0 bridgehead atoms. The number of hydrazone groups is 1. The molecule has 0 spiro atoms. The number of aromatic nitrogens is 1. The molecule has 0 saturated carbocycles. The normalized spacial score (nSPS) is 10.7. The molecule has 1 amide bonds. The van der Waals surface area contributed by atoms with Gasteiger partial charge in [0.05, 0.1) is 16.7 Å². The van der Waals surface area contributed by atoms with E-state index >= 15 is 0 Å². The third-order valence-electron chi connectivity index (χ3n) is 3.82. The van der Waals surface area contributed by atoms with Crippen LogP contribution >= 0.6 is 0 Å². The Labute approximate surface area is 155 Å². The van der Waals surface area contributed by atoms with E-state index in [9.17, 15) is 14.9 Å². The van der Waals surface area contributed by atoms with Gasteiger partial charge in [-0.15, -0.1) is 0 Å². The van der Waals surface area contributed by atoms with Crippen molar-refractivity contribution in [2.24, 2.45) is 5.10 Å². The summed E-state index contributed by atoms with van der Waals surface area (Å²) >= 11 is 0. The maximum Gasteiger partial charge on any atom is 0.271 e. The van der Waals surface area contributed by atoms with Crippen LogP contribution in [0.25, 0.3) is 0 Å². The van der Waals surface area contributed by atoms with Crippen molar-refractivity contribution in [1.29, 1.82) is 0 Å². The van der Waals surface area contributed by atoms with E-state index in [0.717, 1.165) is 0 Å². The smallest absolute Gasteiger partial charge is 0.267 e. The van der Waals surface area contributed by atoms with Crippen molar-refractivity contribution < 1.29 is 14.3 Å². The Morgan fingerprint density at radius 1 is 1.07 bits per heavy atom. The van der Waals surface area contributed by atoms with E-state index in [1.165, 1.54) is 23.9 Å². The molecular formula is C20H17N4O3+. The van der Waals surface area contributed by atoms with Gasteiger partial charge in [0.1, 0.15) is 0 Å². The van der Waals surface area contributed by atoms with Gasteiger partial charge in [0, 0.05) is 35.4 Å². The summed E-state index contributed by atoms with van der Waals surface area (Å²) in [5, 5.41) is 14.6. The molecule has 0 aliphatic rings. The summed E-state index contributed by atoms with van der Waals surface area (Å²) in [6, 6.07) is 19.4. The molecule has 2 aromatic carbocycles. The Balaban J connectivity index is 1.59. The Kier molecular flexibility index (Phi) is 5.64. The van der Waals surface area contributed by atoms with Crippen molar-refractivity contribution in [3.05, 3.63) is 106 Å². The van der Waals surface area contributed by atoms with Crippen LogP contribution in [0.3, 0.4) is 0 Å². The molecule has 0 aliphatic carbocycles. The van der Waals surface area contributed by atoms with Gasteiger partial charge in [0.15, 0.2) is 18.9 Å². The second-order valence-corrected chi connectivity index (χ2v) is 5.80. The van der Waals surface area contributed by atoms with Crippen molar-refractivity contribution in [1.82, 2.24) is 5.43 Å². The predicted molar refractivity (Wildman–Crippen MR) is 100 cm³/mol. The van der Waals surface area contributed by atoms with E-state index < -0.39 is 4.92 Å². The quantitative estimate of drug-likeness (QED) is 0.317. The summed E-state index contributed by atoms with van der Waals surface area (Å²) in [4.78, 5) is 22.4. The standard InChI is InChI=1S/C20H16N4O3/c25-20(22-21-14-17-7-4-8-19(13-17)24(26)27)18-9-11-23(12-10-18)15-16-5-2-1-3-6-16/h1-14H,15H2/p+1. The second-order valence-electron chi connectivity index (χ2n) is 5.80. The maximum atomic E-state index is 12.1. The Hall–Kier alpha value is -3.87. The predicted octanol–water partition coefficient (Wildman–Crippen LogP) is 2.69. The lowest BCUT2D eigenvalue weighted by atomic mass is 10.2. The van der Waals surface area contributed by atoms with Crippen molar-refractivity contribution in [3.63, 3.8) is 0 Å². The summed E-state index contributed by atoms with van der Waals surface area (Å²) in [7, 11) is 0. The third-order valence-corrected chi connectivity index (χ3v) is 3.82. The Morgan fingerprint density at radius 3 is 2.52 bits per heavy atom. The zero-order valence-electron chi connectivity index (χ0n) is 14.4. The van der Waals surface area contributed by atoms with E-state index in [-0.39, 0.29) is 11.6 Å². The van der Waals surface area contributed by atoms with Gasteiger partial charge < -0.3 is 0 Å². The van der Waals surface area contributed by atoms with Crippen LogP contribution in [0, 0.1) is 10.1 Å². The Bertz CT molecular complexity index is 970. The first-order valence-corrected chi connectivity index (χ1v) is 8.23. The molecule has 3 aromatic rings. The fourth-order valence-corrected chi connectivity index (χ4v) is 2.46. The second kappa shape index (κ2) is 8.48. The monoisotopic (exact) mass is 361 g/mol. The highest BCUT2D eigenvalue weighted by atomic mass is 16.6. The molecule has 134 valence electrons. The van der Waals surface area contributed by atoms with Crippen molar-refractivity contribution in [3.8, 4) is 0 Å². The third kappa shape index (κ3) is 5.05. The lowest BCUT2D eigenvalue weighted by molar-refractivity contribution is -0.688. The van der Waals surface area contributed by atoms with Crippen molar-refractivity contribution >= 4 is 17.8 Å². The minimum absolute atomic E-state index is 0.0312. The van der Waals surface area contributed by atoms with Crippen LogP contribution in [-0.2, 0) is 6.54 Å². The molecule has 0 fully saturated rings. The van der Waals surface area contributed by atoms with Crippen LogP contribution in [0.2, 0.25) is 0 Å². The number of carbonyl (C=O) groups excluding carboxylic acids is 1. The van der Waals surface area contributed by atoms with Crippen LogP contribution in [0.4, 0.5) is 5.69 Å². The van der Waals surface area contributed by atoms with Crippen LogP contribution in [0.5, 0.6) is 0 Å². The summed E-state index contributed by atoms with van der Waals surface area (Å²) in [5.41, 5.74) is 4.55. The van der Waals surface area contributed by atoms with E-state index in [1.54, 1.807) is 24.3 Å². The molecule has 1 heterocycles. The maximum absolute atomic E-state index is 12.1. The molecule has 7 heteroatoms. The van der Waals surface area contributed by atoms with E-state index in [4.69, 9.17) is 0 Å². The van der Waals surface area contributed by atoms with Gasteiger partial charge in [-0.05, 0) is 0 Å². The van der Waals surface area contributed by atoms with Gasteiger partial charge in [-0.3, -0.25) is 14.9 Å². The van der Waals surface area contributed by atoms with Crippen LogP contribution < -0.4 is 9.99 Å². The molecule has 0 saturated heterocycles. The molecule has 0 radical (unpaired) electrons. The number of benzene rings is 2. The number of pyridine rings is 1. The van der Waals surface area contributed by atoms with Crippen molar-refractivity contribution in [2.45, 2.75) is 6.54 Å². The minimum atomic E-state index is -0.482. The summed E-state index contributed by atoms with van der Waals surface area (Å²) in [6.45, 7) is 0.716. The zero-order chi connectivity index (χ0) is 19.1. The van der Waals surface area contributed by atoms with Crippen LogP contribution in [-0.4, -0.2) is 17.0 Å². The van der Waals surface area contributed by atoms with E-state index in [2.05, 4.69) is 10.5 Å². The fourth-order valence-electron chi connectivity index (χ4n) is 2.46. The number of hydrogen-bond donors (Lipinski definition) is 1. The summed E-state index contributed by atoms with van der Waals surface area (Å²) in [6.07, 6.45) is 5.02. The SMILES string of the molecule is O=C(N/N=C/c1cccc([N+](=O)[O-])c1)c1cc[n+](Cc2ccccc2)cc1. The number of nitrogens with one attached hydrogen (secondary N) is 1. The summed E-state index contributed by atoms with van der Waals surface area (Å²) < 4.78 is 1.97. The highest BCUT2D eigenvalue weighted by molar-refractivity contribution is 5.94. The summed E-state index contributed by atoms with van der Waals surface area (Å²) in [5.74, 6) is -0.358. The van der Waals surface area contributed by atoms with Crippen LogP contribution in [0.1, 0.15) is 21.5 Å². The van der Waals surface area contributed by atoms with Crippen LogP contribution in [0.15, 0.2) is 84.2 Å². The first kappa shape index (κ1) is 17.9. The van der Waals surface area contributed by atoms with E-state index in [1.807, 2.05) is 47.3 Å². The number of nitro benzene ring substituents is 1. The Morgan fingerprint density at radius 2 is 1.81 bits per heavy atom. The minimum Gasteiger partial charge on any atom is -0.267 e.